The van der Waals surface area contributed by atoms with Crippen LogP contribution in [-0.2, 0) is 6.42 Å². The second kappa shape index (κ2) is 8.16. The van der Waals surface area contributed by atoms with Gasteiger partial charge >= 0.3 is 0 Å². The zero-order valence-corrected chi connectivity index (χ0v) is 15.9. The topological polar surface area (TPSA) is 20.2 Å². The highest BCUT2D eigenvalue weighted by Gasteiger charge is 2.27. The summed E-state index contributed by atoms with van der Waals surface area (Å²) in [6.45, 7) is 0. The first-order chi connectivity index (χ1) is 12.8. The molecule has 0 radical (unpaired) electrons. The fourth-order valence-corrected chi connectivity index (χ4v) is 6.50. The summed E-state index contributed by atoms with van der Waals surface area (Å²) >= 11 is 0. The maximum atomic E-state index is 10.3. The first kappa shape index (κ1) is 17.5. The Bertz CT molecular complexity index is 792. The van der Waals surface area contributed by atoms with Crippen LogP contribution in [0.25, 0.3) is 0 Å². The molecular weight excluding hydrogens is 335 g/mol. The van der Waals surface area contributed by atoms with Crippen LogP contribution < -0.4 is 15.9 Å². The summed E-state index contributed by atoms with van der Waals surface area (Å²) in [5.74, 6) is 0.402. The molecule has 3 aromatic rings. The van der Waals surface area contributed by atoms with Crippen LogP contribution in [-0.4, -0.2) is 11.2 Å². The van der Waals surface area contributed by atoms with Gasteiger partial charge in [0.15, 0.2) is 0 Å². The van der Waals surface area contributed by atoms with E-state index in [4.69, 9.17) is 0 Å². The van der Waals surface area contributed by atoms with Gasteiger partial charge < -0.3 is 5.11 Å². The quantitative estimate of drug-likeness (QED) is 0.678. The van der Waals surface area contributed by atoms with E-state index in [2.05, 4.69) is 84.9 Å². The lowest BCUT2D eigenvalue weighted by atomic mass is 9.96. The molecule has 132 valence electrons. The van der Waals surface area contributed by atoms with Gasteiger partial charge in [0.1, 0.15) is 0 Å². The molecular formula is C24H25OP. The molecule has 3 aromatic carbocycles. The van der Waals surface area contributed by atoms with Gasteiger partial charge in [0.25, 0.3) is 0 Å². The molecule has 1 nitrogen and oxygen atoms in total. The lowest BCUT2D eigenvalue weighted by Gasteiger charge is -2.24. The minimum atomic E-state index is -0.583. The van der Waals surface area contributed by atoms with Crippen molar-refractivity contribution in [1.29, 1.82) is 0 Å². The third-order valence-electron chi connectivity index (χ3n) is 5.36. The maximum absolute atomic E-state index is 10.3. The van der Waals surface area contributed by atoms with Crippen molar-refractivity contribution in [2.45, 2.75) is 31.8 Å². The third kappa shape index (κ3) is 3.75. The summed E-state index contributed by atoms with van der Waals surface area (Å²) in [6, 6.07) is 30.6. The minimum Gasteiger partial charge on any atom is -0.393 e. The van der Waals surface area contributed by atoms with Gasteiger partial charge in [0.2, 0.25) is 0 Å². The van der Waals surface area contributed by atoms with Gasteiger partial charge in [-0.05, 0) is 54.6 Å². The molecule has 1 saturated carbocycles. The number of aliphatic hydroxyl groups is 1. The van der Waals surface area contributed by atoms with Crippen LogP contribution in [0.4, 0.5) is 0 Å². The summed E-state index contributed by atoms with van der Waals surface area (Å²) in [5.41, 5.74) is 1.40. The molecule has 1 fully saturated rings. The Labute approximate surface area is 157 Å². The van der Waals surface area contributed by atoms with E-state index in [0.29, 0.717) is 5.92 Å². The fraction of sp³-hybridized carbons (Fsp3) is 0.250. The molecule has 0 bridgehead atoms. The average Bonchev–Trinajstić information content (AvgIpc) is 3.10. The van der Waals surface area contributed by atoms with Crippen LogP contribution in [0.15, 0.2) is 84.9 Å². The van der Waals surface area contributed by atoms with Gasteiger partial charge in [-0.2, -0.15) is 0 Å². The van der Waals surface area contributed by atoms with E-state index < -0.39 is 7.92 Å². The molecule has 1 aliphatic rings. The summed E-state index contributed by atoms with van der Waals surface area (Å²) in [5, 5.41) is 14.5. The largest absolute Gasteiger partial charge is 0.393 e. The molecule has 2 heteroatoms. The molecule has 4 rings (SSSR count). The number of rotatable bonds is 5. The second-order valence-corrected chi connectivity index (χ2v) is 9.28. The number of aliphatic hydroxyl groups excluding tert-OH is 1. The Kier molecular flexibility index (Phi) is 5.48. The second-order valence-electron chi connectivity index (χ2n) is 7.10. The van der Waals surface area contributed by atoms with Crippen molar-refractivity contribution in [3.8, 4) is 0 Å². The molecule has 0 spiro atoms. The van der Waals surface area contributed by atoms with Gasteiger partial charge in [-0.1, -0.05) is 91.3 Å². The maximum Gasteiger partial charge on any atom is 0.0571 e. The predicted molar refractivity (Wildman–Crippen MR) is 112 cm³/mol. The minimum absolute atomic E-state index is 0.136. The van der Waals surface area contributed by atoms with Crippen molar-refractivity contribution in [1.82, 2.24) is 0 Å². The third-order valence-corrected chi connectivity index (χ3v) is 7.91. The number of benzene rings is 3. The Hall–Kier alpha value is -1.95. The van der Waals surface area contributed by atoms with Crippen LogP contribution in [0.3, 0.4) is 0 Å². The highest BCUT2D eigenvalue weighted by Crippen LogP contribution is 2.36. The van der Waals surface area contributed by atoms with Crippen LogP contribution in [0, 0.1) is 5.92 Å². The molecule has 0 aliphatic heterocycles. The number of hydrogen-bond acceptors (Lipinski definition) is 1. The van der Waals surface area contributed by atoms with Crippen LogP contribution in [0.2, 0.25) is 0 Å². The highest BCUT2D eigenvalue weighted by atomic mass is 31.1. The average molecular weight is 360 g/mol. The van der Waals surface area contributed by atoms with E-state index in [1.54, 1.807) is 0 Å². The standard InChI is InChI=1S/C24H25OP/c25-23-16-9-11-19(23)18-20-10-7-8-17-24(20)26(21-12-3-1-4-13-21)22-14-5-2-6-15-22/h1-8,10,12-15,17,19,23,25H,9,11,16,18H2. The van der Waals surface area contributed by atoms with Crippen molar-refractivity contribution in [3.05, 3.63) is 90.5 Å². The van der Waals surface area contributed by atoms with Gasteiger partial charge in [0.05, 0.1) is 6.10 Å². The van der Waals surface area contributed by atoms with Crippen molar-refractivity contribution < 1.29 is 5.11 Å². The van der Waals surface area contributed by atoms with Crippen LogP contribution in [0.5, 0.6) is 0 Å². The Morgan fingerprint density at radius 2 is 1.31 bits per heavy atom. The molecule has 26 heavy (non-hydrogen) atoms. The Balaban J connectivity index is 1.77. The normalized spacial score (nSPS) is 19.8. The molecule has 2 unspecified atom stereocenters. The van der Waals surface area contributed by atoms with E-state index in [1.165, 1.54) is 21.5 Å². The molecule has 1 aliphatic carbocycles. The lowest BCUT2D eigenvalue weighted by Crippen LogP contribution is -2.25. The monoisotopic (exact) mass is 360 g/mol. The zero-order chi connectivity index (χ0) is 17.8. The van der Waals surface area contributed by atoms with Crippen molar-refractivity contribution >= 4 is 23.8 Å². The lowest BCUT2D eigenvalue weighted by molar-refractivity contribution is 0.133. The van der Waals surface area contributed by atoms with E-state index in [0.717, 1.165) is 25.7 Å². The Morgan fingerprint density at radius 1 is 0.731 bits per heavy atom. The van der Waals surface area contributed by atoms with Gasteiger partial charge in [-0.25, -0.2) is 0 Å². The summed E-state index contributed by atoms with van der Waals surface area (Å²) in [4.78, 5) is 0. The van der Waals surface area contributed by atoms with Crippen molar-refractivity contribution in [3.63, 3.8) is 0 Å². The van der Waals surface area contributed by atoms with Crippen LogP contribution >= 0.6 is 7.92 Å². The first-order valence-corrected chi connectivity index (χ1v) is 10.8. The molecule has 0 saturated heterocycles. The van der Waals surface area contributed by atoms with Crippen molar-refractivity contribution in [2.24, 2.45) is 5.92 Å². The first-order valence-electron chi connectivity index (χ1n) is 9.49. The summed E-state index contributed by atoms with van der Waals surface area (Å²) < 4.78 is 0. The molecule has 0 amide bonds. The van der Waals surface area contributed by atoms with Gasteiger partial charge in [-0.15, -0.1) is 0 Å². The molecule has 0 aromatic heterocycles. The summed E-state index contributed by atoms with van der Waals surface area (Å²) in [7, 11) is -0.583. The zero-order valence-electron chi connectivity index (χ0n) is 15.0. The van der Waals surface area contributed by atoms with E-state index in [1.807, 2.05) is 0 Å². The van der Waals surface area contributed by atoms with Gasteiger partial charge in [-0.3, -0.25) is 0 Å². The Morgan fingerprint density at radius 3 is 1.88 bits per heavy atom. The van der Waals surface area contributed by atoms with Gasteiger partial charge in [0, 0.05) is 0 Å². The number of hydrogen-bond donors (Lipinski definition) is 1. The van der Waals surface area contributed by atoms with E-state index >= 15 is 0 Å². The fourth-order valence-electron chi connectivity index (χ4n) is 4.02. The predicted octanol–water partition coefficient (Wildman–Crippen LogP) is 4.15. The highest BCUT2D eigenvalue weighted by molar-refractivity contribution is 7.79. The smallest absolute Gasteiger partial charge is 0.0571 e. The van der Waals surface area contributed by atoms with E-state index in [9.17, 15) is 5.11 Å². The van der Waals surface area contributed by atoms with E-state index in [-0.39, 0.29) is 6.10 Å². The van der Waals surface area contributed by atoms with Crippen LogP contribution in [0.1, 0.15) is 24.8 Å². The summed E-state index contributed by atoms with van der Waals surface area (Å²) in [6.07, 6.45) is 4.10. The van der Waals surface area contributed by atoms with Crippen molar-refractivity contribution in [2.75, 3.05) is 0 Å². The molecule has 2 atom stereocenters. The molecule has 1 N–H and O–H groups in total. The SMILES string of the molecule is OC1CCCC1Cc1ccccc1P(c1ccccc1)c1ccccc1. The molecule has 0 heterocycles.